The molecule has 0 aromatic heterocycles. The van der Waals surface area contributed by atoms with Gasteiger partial charge in [0, 0.05) is 25.3 Å². The summed E-state index contributed by atoms with van der Waals surface area (Å²) in [6, 6.07) is 12.9. The smallest absolute Gasteiger partial charge is 0.414 e. The molecule has 1 unspecified atom stereocenters. The molecule has 0 radical (unpaired) electrons. The van der Waals surface area contributed by atoms with Crippen molar-refractivity contribution in [3.05, 3.63) is 48.0 Å². The van der Waals surface area contributed by atoms with Crippen LogP contribution in [0, 0.1) is 0 Å². The van der Waals surface area contributed by atoms with Crippen molar-refractivity contribution < 1.29 is 33.3 Å². The van der Waals surface area contributed by atoms with Gasteiger partial charge >= 0.3 is 12.2 Å². The Kier molecular flexibility index (Phi) is 7.26. The fraction of sp³-hybridized carbons (Fsp3) is 0.464. The van der Waals surface area contributed by atoms with Gasteiger partial charge in [-0.3, -0.25) is 14.6 Å². The number of nitrogens with zero attached hydrogens (tertiary/aromatic N) is 3. The molecule has 3 aliphatic heterocycles. The SMILES string of the molecule is COc1ccc(CN2C(=O)COc3ccc(N4CC(CN5CC(NC(=O)OC(C)(C)C)C5)OC4=O)cc32)cc1. The third-order valence-corrected chi connectivity index (χ3v) is 6.71. The molecule has 3 aliphatic rings. The molecular weight excluding hydrogens is 504 g/mol. The highest BCUT2D eigenvalue weighted by Gasteiger charge is 2.38. The highest BCUT2D eigenvalue weighted by molar-refractivity contribution is 5.99. The van der Waals surface area contributed by atoms with E-state index in [1.807, 2.05) is 45.0 Å². The second-order valence-electron chi connectivity index (χ2n) is 10.9. The summed E-state index contributed by atoms with van der Waals surface area (Å²) in [5.74, 6) is 1.16. The summed E-state index contributed by atoms with van der Waals surface area (Å²) in [6.07, 6.45) is -1.18. The second-order valence-corrected chi connectivity index (χ2v) is 10.9. The lowest BCUT2D eigenvalue weighted by atomic mass is 10.1. The van der Waals surface area contributed by atoms with E-state index in [9.17, 15) is 14.4 Å². The van der Waals surface area contributed by atoms with Crippen molar-refractivity contribution in [2.45, 2.75) is 45.1 Å². The Morgan fingerprint density at radius 1 is 1.08 bits per heavy atom. The van der Waals surface area contributed by atoms with E-state index in [2.05, 4.69) is 10.2 Å². The largest absolute Gasteiger partial charge is 0.497 e. The van der Waals surface area contributed by atoms with Crippen molar-refractivity contribution in [1.82, 2.24) is 10.2 Å². The minimum Gasteiger partial charge on any atom is -0.497 e. The molecule has 0 spiro atoms. The van der Waals surface area contributed by atoms with Crippen LogP contribution in [-0.4, -0.2) is 80.6 Å². The van der Waals surface area contributed by atoms with Gasteiger partial charge in [-0.2, -0.15) is 0 Å². The van der Waals surface area contributed by atoms with Gasteiger partial charge in [-0.1, -0.05) is 12.1 Å². The molecule has 3 amide bonds. The third-order valence-electron chi connectivity index (χ3n) is 6.71. The fourth-order valence-corrected chi connectivity index (χ4v) is 4.85. The third kappa shape index (κ3) is 6.19. The van der Waals surface area contributed by atoms with Crippen LogP contribution < -0.4 is 24.6 Å². The molecule has 11 nitrogen and oxygen atoms in total. The van der Waals surface area contributed by atoms with Gasteiger partial charge in [-0.05, 0) is 56.7 Å². The van der Waals surface area contributed by atoms with Gasteiger partial charge in [0.05, 0.1) is 31.9 Å². The maximum absolute atomic E-state index is 12.8. The number of cyclic esters (lactones) is 1. The lowest BCUT2D eigenvalue weighted by molar-refractivity contribution is -0.121. The highest BCUT2D eigenvalue weighted by atomic mass is 16.6. The minimum absolute atomic E-state index is 0.00271. The number of alkyl carbamates (subject to hydrolysis) is 1. The second kappa shape index (κ2) is 10.6. The van der Waals surface area contributed by atoms with Crippen LogP contribution in [0.15, 0.2) is 42.5 Å². The van der Waals surface area contributed by atoms with Crippen LogP contribution in [0.3, 0.4) is 0 Å². The van der Waals surface area contributed by atoms with Gasteiger partial charge in [0.15, 0.2) is 6.61 Å². The molecule has 2 aromatic rings. The van der Waals surface area contributed by atoms with E-state index in [4.69, 9.17) is 18.9 Å². The summed E-state index contributed by atoms with van der Waals surface area (Å²) in [5, 5.41) is 2.86. The first kappa shape index (κ1) is 26.6. The number of fused-ring (bicyclic) bond motifs is 1. The molecule has 0 saturated carbocycles. The normalized spacial score (nSPS) is 19.6. The molecule has 0 bridgehead atoms. The maximum atomic E-state index is 12.8. The molecule has 1 atom stereocenters. The quantitative estimate of drug-likeness (QED) is 0.573. The molecule has 208 valence electrons. The Bertz CT molecular complexity index is 1240. The summed E-state index contributed by atoms with van der Waals surface area (Å²) in [6.45, 7) is 8.05. The summed E-state index contributed by atoms with van der Waals surface area (Å²) in [4.78, 5) is 42.9. The zero-order valence-corrected chi connectivity index (χ0v) is 22.6. The van der Waals surface area contributed by atoms with Crippen molar-refractivity contribution >= 4 is 29.5 Å². The molecule has 39 heavy (non-hydrogen) atoms. The molecule has 2 saturated heterocycles. The predicted molar refractivity (Wildman–Crippen MR) is 143 cm³/mol. The van der Waals surface area contributed by atoms with Gasteiger partial charge in [0.1, 0.15) is 23.2 Å². The Hall–Kier alpha value is -3.99. The molecular formula is C28H34N4O7. The molecule has 11 heteroatoms. The topological polar surface area (TPSA) is 110 Å². The van der Waals surface area contributed by atoms with E-state index in [0.717, 1.165) is 11.3 Å². The number of nitrogens with one attached hydrogen (secondary N) is 1. The number of hydrogen-bond donors (Lipinski definition) is 1. The average molecular weight is 539 g/mol. The van der Waals surface area contributed by atoms with Crippen LogP contribution in [0.5, 0.6) is 11.5 Å². The first-order valence-electron chi connectivity index (χ1n) is 13.0. The Labute approximate surface area is 227 Å². The van der Waals surface area contributed by atoms with Crippen LogP contribution in [0.25, 0.3) is 0 Å². The zero-order valence-electron chi connectivity index (χ0n) is 22.6. The monoisotopic (exact) mass is 538 g/mol. The lowest BCUT2D eigenvalue weighted by Crippen LogP contribution is -2.61. The number of amides is 3. The first-order valence-corrected chi connectivity index (χ1v) is 13.0. The summed E-state index contributed by atoms with van der Waals surface area (Å²) < 4.78 is 21.8. The van der Waals surface area contributed by atoms with Crippen molar-refractivity contribution in [1.29, 1.82) is 0 Å². The van der Waals surface area contributed by atoms with Gasteiger partial charge in [-0.15, -0.1) is 0 Å². The molecule has 0 aliphatic carbocycles. The molecule has 1 N–H and O–H groups in total. The molecule has 2 fully saturated rings. The Morgan fingerprint density at radius 3 is 2.51 bits per heavy atom. The van der Waals surface area contributed by atoms with Crippen LogP contribution >= 0.6 is 0 Å². The first-order chi connectivity index (χ1) is 18.6. The molecule has 3 heterocycles. The van der Waals surface area contributed by atoms with Crippen molar-refractivity contribution in [3.63, 3.8) is 0 Å². The Morgan fingerprint density at radius 2 is 1.82 bits per heavy atom. The standard InChI is InChI=1S/C28H34N4O7/c1-28(2,3)39-26(34)29-19-13-30(14-19)15-22-16-31(27(35)38-22)20-7-10-24-23(11-20)32(25(33)17-37-24)12-18-5-8-21(36-4)9-6-18/h5-11,19,22H,12-17H2,1-4H3,(H,29,34). The number of anilines is 2. The van der Waals surface area contributed by atoms with E-state index in [1.54, 1.807) is 35.1 Å². The summed E-state index contributed by atoms with van der Waals surface area (Å²) >= 11 is 0. The van der Waals surface area contributed by atoms with E-state index in [-0.39, 0.29) is 24.7 Å². The molecule has 2 aromatic carbocycles. The number of benzene rings is 2. The lowest BCUT2D eigenvalue weighted by Gasteiger charge is -2.40. The Balaban J connectivity index is 1.20. The van der Waals surface area contributed by atoms with E-state index >= 15 is 0 Å². The predicted octanol–water partition coefficient (Wildman–Crippen LogP) is 3.15. The van der Waals surface area contributed by atoms with E-state index < -0.39 is 17.8 Å². The van der Waals surface area contributed by atoms with Crippen LogP contribution in [0.2, 0.25) is 0 Å². The van der Waals surface area contributed by atoms with Gasteiger partial charge in [-0.25, -0.2) is 9.59 Å². The number of rotatable bonds is 7. The summed E-state index contributed by atoms with van der Waals surface area (Å²) in [5.41, 5.74) is 1.64. The average Bonchev–Trinajstić information content (AvgIpc) is 3.23. The minimum atomic E-state index is -0.544. The van der Waals surface area contributed by atoms with E-state index in [1.165, 1.54) is 0 Å². The van der Waals surface area contributed by atoms with Crippen molar-refractivity contribution in [2.75, 3.05) is 49.7 Å². The molecule has 5 rings (SSSR count). The maximum Gasteiger partial charge on any atom is 0.414 e. The fourth-order valence-electron chi connectivity index (χ4n) is 4.85. The van der Waals surface area contributed by atoms with Gasteiger partial charge in [0.2, 0.25) is 0 Å². The van der Waals surface area contributed by atoms with Crippen LogP contribution in [0.4, 0.5) is 21.0 Å². The number of carbonyl (C=O) groups is 3. The number of methoxy groups -OCH3 is 1. The van der Waals surface area contributed by atoms with Crippen molar-refractivity contribution in [2.24, 2.45) is 0 Å². The van der Waals surface area contributed by atoms with E-state index in [0.29, 0.717) is 49.8 Å². The van der Waals surface area contributed by atoms with Crippen LogP contribution in [-0.2, 0) is 20.8 Å². The highest BCUT2D eigenvalue weighted by Crippen LogP contribution is 2.37. The number of carbonyl (C=O) groups excluding carboxylic acids is 3. The number of ether oxygens (including phenoxy) is 4. The number of likely N-dealkylation sites (tertiary alicyclic amines) is 1. The van der Waals surface area contributed by atoms with Crippen LogP contribution in [0.1, 0.15) is 26.3 Å². The number of hydrogen-bond acceptors (Lipinski definition) is 8. The van der Waals surface area contributed by atoms with Gasteiger partial charge < -0.3 is 29.2 Å². The van der Waals surface area contributed by atoms with Gasteiger partial charge in [0.25, 0.3) is 5.91 Å². The summed E-state index contributed by atoms with van der Waals surface area (Å²) in [7, 11) is 1.61. The zero-order chi connectivity index (χ0) is 27.7. The van der Waals surface area contributed by atoms with Crippen molar-refractivity contribution in [3.8, 4) is 11.5 Å².